The fourth-order valence-electron chi connectivity index (χ4n) is 2.84. The zero-order valence-corrected chi connectivity index (χ0v) is 13.9. The number of piperidine rings is 1. The largest absolute Gasteiger partial charge is 0.497 e. The van der Waals surface area contributed by atoms with Gasteiger partial charge in [-0.1, -0.05) is 0 Å². The Morgan fingerprint density at radius 2 is 1.64 bits per heavy atom. The van der Waals surface area contributed by atoms with E-state index in [-0.39, 0.29) is 17.6 Å². The summed E-state index contributed by atoms with van der Waals surface area (Å²) in [5.74, 6) is -0.737. The molecule has 1 saturated heterocycles. The number of amides is 1. The molecule has 0 bridgehead atoms. The van der Waals surface area contributed by atoms with E-state index in [1.54, 1.807) is 12.0 Å². The highest BCUT2D eigenvalue weighted by atomic mass is 19.2. The average molecular weight is 347 g/mol. The molecule has 0 unspecified atom stereocenters. The van der Waals surface area contributed by atoms with E-state index in [1.807, 2.05) is 24.3 Å². The molecular weight excluding hydrogens is 328 g/mol. The third-order valence-corrected chi connectivity index (χ3v) is 4.26. The zero-order chi connectivity index (χ0) is 17.8. The van der Waals surface area contributed by atoms with E-state index in [0.29, 0.717) is 25.9 Å². The Hall–Kier alpha value is -2.63. The van der Waals surface area contributed by atoms with Gasteiger partial charge in [0, 0.05) is 31.5 Å². The Morgan fingerprint density at radius 1 is 1.00 bits per heavy atom. The smallest absolute Gasteiger partial charge is 0.253 e. The molecule has 2 aromatic rings. The van der Waals surface area contributed by atoms with Crippen molar-refractivity contribution in [3.8, 4) is 11.5 Å². The predicted octanol–water partition coefficient (Wildman–Crippen LogP) is 3.66. The van der Waals surface area contributed by atoms with Crippen LogP contribution in [0.2, 0.25) is 0 Å². The molecule has 0 spiro atoms. The second-order valence-corrected chi connectivity index (χ2v) is 5.91. The van der Waals surface area contributed by atoms with Crippen molar-refractivity contribution in [2.24, 2.45) is 0 Å². The van der Waals surface area contributed by atoms with Crippen LogP contribution in [-0.2, 0) is 0 Å². The standard InChI is InChI=1S/C19H19F2NO3/c1-24-14-3-5-15(6-4-14)25-16-8-10-22(11-9-16)19(23)13-2-7-17(20)18(21)12-13/h2-7,12,16H,8-11H2,1H3. The molecule has 1 heterocycles. The van der Waals surface area contributed by atoms with E-state index in [2.05, 4.69) is 0 Å². The van der Waals surface area contributed by atoms with E-state index >= 15 is 0 Å². The monoisotopic (exact) mass is 347 g/mol. The number of methoxy groups -OCH3 is 1. The van der Waals surface area contributed by atoms with Crippen molar-refractivity contribution in [3.05, 3.63) is 59.7 Å². The van der Waals surface area contributed by atoms with Gasteiger partial charge in [-0.3, -0.25) is 4.79 Å². The molecule has 1 aliphatic rings. The highest BCUT2D eigenvalue weighted by molar-refractivity contribution is 5.94. The quantitative estimate of drug-likeness (QED) is 0.847. The van der Waals surface area contributed by atoms with Crippen molar-refractivity contribution in [2.45, 2.75) is 18.9 Å². The van der Waals surface area contributed by atoms with Crippen LogP contribution in [0.3, 0.4) is 0 Å². The van der Waals surface area contributed by atoms with Gasteiger partial charge in [0.25, 0.3) is 5.91 Å². The van der Waals surface area contributed by atoms with E-state index in [9.17, 15) is 13.6 Å². The summed E-state index contributed by atoms with van der Waals surface area (Å²) >= 11 is 0. The lowest BCUT2D eigenvalue weighted by molar-refractivity contribution is 0.0595. The van der Waals surface area contributed by atoms with E-state index < -0.39 is 11.6 Å². The number of rotatable bonds is 4. The summed E-state index contributed by atoms with van der Waals surface area (Å²) in [4.78, 5) is 14.0. The lowest BCUT2D eigenvalue weighted by Gasteiger charge is -2.32. The van der Waals surface area contributed by atoms with Crippen LogP contribution in [0, 0.1) is 11.6 Å². The van der Waals surface area contributed by atoms with Gasteiger partial charge in [0.2, 0.25) is 0 Å². The number of carbonyl (C=O) groups is 1. The molecule has 1 aliphatic heterocycles. The third-order valence-electron chi connectivity index (χ3n) is 4.26. The Labute approximate surface area is 145 Å². The lowest BCUT2D eigenvalue weighted by Crippen LogP contribution is -2.41. The molecule has 0 aromatic heterocycles. The second-order valence-electron chi connectivity index (χ2n) is 5.91. The lowest BCUT2D eigenvalue weighted by atomic mass is 10.1. The summed E-state index contributed by atoms with van der Waals surface area (Å²) in [5, 5.41) is 0. The van der Waals surface area contributed by atoms with Gasteiger partial charge in [-0.25, -0.2) is 8.78 Å². The van der Waals surface area contributed by atoms with Crippen LogP contribution in [0.25, 0.3) is 0 Å². The molecule has 132 valence electrons. The van der Waals surface area contributed by atoms with Crippen LogP contribution in [0.15, 0.2) is 42.5 Å². The van der Waals surface area contributed by atoms with Crippen LogP contribution in [0.4, 0.5) is 8.78 Å². The number of halogens is 2. The molecule has 6 heteroatoms. The van der Waals surface area contributed by atoms with E-state index in [0.717, 1.165) is 23.6 Å². The Morgan fingerprint density at radius 3 is 2.24 bits per heavy atom. The average Bonchev–Trinajstić information content (AvgIpc) is 2.65. The zero-order valence-electron chi connectivity index (χ0n) is 13.9. The summed E-state index contributed by atoms with van der Waals surface area (Å²) in [6.45, 7) is 1.03. The molecule has 1 amide bonds. The number of likely N-dealkylation sites (tertiary alicyclic amines) is 1. The molecule has 0 N–H and O–H groups in total. The van der Waals surface area contributed by atoms with Crippen molar-refractivity contribution in [1.29, 1.82) is 0 Å². The Balaban J connectivity index is 1.55. The van der Waals surface area contributed by atoms with Gasteiger partial charge in [0.15, 0.2) is 11.6 Å². The molecule has 2 aromatic carbocycles. The summed E-state index contributed by atoms with van der Waals surface area (Å²) in [5.41, 5.74) is 0.161. The van der Waals surface area contributed by atoms with Gasteiger partial charge < -0.3 is 14.4 Å². The number of ether oxygens (including phenoxy) is 2. The minimum atomic E-state index is -1.01. The normalized spacial score (nSPS) is 15.1. The molecule has 3 rings (SSSR count). The molecule has 0 aliphatic carbocycles. The summed E-state index contributed by atoms with van der Waals surface area (Å²) in [6, 6.07) is 10.6. The number of carbonyl (C=O) groups excluding carboxylic acids is 1. The summed E-state index contributed by atoms with van der Waals surface area (Å²) < 4.78 is 37.3. The van der Waals surface area contributed by atoms with Gasteiger partial charge in [-0.2, -0.15) is 0 Å². The molecule has 4 nitrogen and oxygen atoms in total. The topological polar surface area (TPSA) is 38.8 Å². The first-order valence-electron chi connectivity index (χ1n) is 8.12. The summed E-state index contributed by atoms with van der Waals surface area (Å²) in [7, 11) is 1.61. The molecule has 0 atom stereocenters. The van der Waals surface area contributed by atoms with Crippen molar-refractivity contribution >= 4 is 5.91 Å². The fraction of sp³-hybridized carbons (Fsp3) is 0.316. The van der Waals surface area contributed by atoms with Crippen LogP contribution >= 0.6 is 0 Å². The van der Waals surface area contributed by atoms with Crippen molar-refractivity contribution in [2.75, 3.05) is 20.2 Å². The van der Waals surface area contributed by atoms with Gasteiger partial charge in [-0.05, 0) is 42.5 Å². The highest BCUT2D eigenvalue weighted by Crippen LogP contribution is 2.22. The molecule has 1 fully saturated rings. The van der Waals surface area contributed by atoms with Crippen LogP contribution in [-0.4, -0.2) is 37.1 Å². The number of hydrogen-bond acceptors (Lipinski definition) is 3. The first-order chi connectivity index (χ1) is 12.1. The minimum Gasteiger partial charge on any atom is -0.497 e. The first-order valence-corrected chi connectivity index (χ1v) is 8.12. The Kier molecular flexibility index (Phi) is 5.16. The van der Waals surface area contributed by atoms with Gasteiger partial charge in [0.05, 0.1) is 7.11 Å². The molecule has 25 heavy (non-hydrogen) atoms. The van der Waals surface area contributed by atoms with Crippen LogP contribution in [0.5, 0.6) is 11.5 Å². The van der Waals surface area contributed by atoms with Crippen molar-refractivity contribution in [1.82, 2.24) is 4.90 Å². The first kappa shape index (κ1) is 17.2. The van der Waals surface area contributed by atoms with E-state index in [1.165, 1.54) is 6.07 Å². The van der Waals surface area contributed by atoms with Crippen LogP contribution in [0.1, 0.15) is 23.2 Å². The Bertz CT molecular complexity index is 741. The van der Waals surface area contributed by atoms with Crippen molar-refractivity contribution in [3.63, 3.8) is 0 Å². The maximum Gasteiger partial charge on any atom is 0.253 e. The fourth-order valence-corrected chi connectivity index (χ4v) is 2.84. The number of benzene rings is 2. The highest BCUT2D eigenvalue weighted by Gasteiger charge is 2.25. The maximum absolute atomic E-state index is 13.3. The SMILES string of the molecule is COc1ccc(OC2CCN(C(=O)c3ccc(F)c(F)c3)CC2)cc1. The van der Waals surface area contributed by atoms with Crippen molar-refractivity contribution < 1.29 is 23.0 Å². The van der Waals surface area contributed by atoms with Gasteiger partial charge >= 0.3 is 0 Å². The third kappa shape index (κ3) is 4.07. The minimum absolute atomic E-state index is 0.0161. The number of nitrogens with zero attached hydrogens (tertiary/aromatic N) is 1. The predicted molar refractivity (Wildman–Crippen MR) is 88.9 cm³/mol. The summed E-state index contributed by atoms with van der Waals surface area (Å²) in [6.07, 6.45) is 1.38. The molecular formula is C19H19F2NO3. The maximum atomic E-state index is 13.3. The second kappa shape index (κ2) is 7.51. The number of hydrogen-bond donors (Lipinski definition) is 0. The van der Waals surface area contributed by atoms with Gasteiger partial charge in [-0.15, -0.1) is 0 Å². The molecule has 0 radical (unpaired) electrons. The van der Waals surface area contributed by atoms with E-state index in [4.69, 9.17) is 9.47 Å². The van der Waals surface area contributed by atoms with Crippen LogP contribution < -0.4 is 9.47 Å². The van der Waals surface area contributed by atoms with Gasteiger partial charge in [0.1, 0.15) is 17.6 Å². The molecule has 0 saturated carbocycles.